The van der Waals surface area contributed by atoms with E-state index in [1.54, 1.807) is 7.11 Å². The predicted molar refractivity (Wildman–Crippen MR) is 59.5 cm³/mol. The van der Waals surface area contributed by atoms with Gasteiger partial charge in [0.2, 0.25) is 0 Å². The molecule has 0 bridgehead atoms. The summed E-state index contributed by atoms with van der Waals surface area (Å²) in [5, 5.41) is 0.441. The maximum atomic E-state index is 5.95. The Morgan fingerprint density at radius 1 is 1.43 bits per heavy atom. The van der Waals surface area contributed by atoms with Crippen LogP contribution >= 0.6 is 27.5 Å². The molecule has 3 nitrogen and oxygen atoms in total. The predicted octanol–water partition coefficient (Wildman–Crippen LogP) is 3.16. The molecule has 0 radical (unpaired) electrons. The molecule has 1 aromatic heterocycles. The molecule has 14 heavy (non-hydrogen) atoms. The average Bonchev–Trinajstić information content (AvgIpc) is 2.11. The van der Waals surface area contributed by atoms with Crippen molar-refractivity contribution >= 4 is 27.5 Å². The van der Waals surface area contributed by atoms with Crippen molar-refractivity contribution in [2.75, 3.05) is 7.11 Å². The van der Waals surface area contributed by atoms with Crippen LogP contribution in [-0.4, -0.2) is 17.1 Å². The zero-order chi connectivity index (χ0) is 10.7. The lowest BCUT2D eigenvalue weighted by Crippen LogP contribution is -2.04. The summed E-state index contributed by atoms with van der Waals surface area (Å²) in [5.41, 5.74) is 0.914. The highest BCUT2D eigenvalue weighted by molar-refractivity contribution is 9.10. The molecule has 0 aliphatic heterocycles. The number of hydrogen-bond donors (Lipinski definition) is 0. The molecule has 0 N–H and O–H groups in total. The third-order valence-electron chi connectivity index (χ3n) is 1.70. The fraction of sp³-hybridized carbons (Fsp3) is 0.556. The van der Waals surface area contributed by atoms with E-state index in [0.29, 0.717) is 23.5 Å². The summed E-state index contributed by atoms with van der Waals surface area (Å²) in [5.74, 6) is 0.921. The van der Waals surface area contributed by atoms with Gasteiger partial charge in [-0.1, -0.05) is 25.4 Å². The highest BCUT2D eigenvalue weighted by atomic mass is 79.9. The first kappa shape index (κ1) is 11.9. The second-order valence-corrected chi connectivity index (χ2v) is 4.37. The minimum Gasteiger partial charge on any atom is -0.377 e. The van der Waals surface area contributed by atoms with E-state index in [1.165, 1.54) is 0 Å². The van der Waals surface area contributed by atoms with Gasteiger partial charge in [-0.2, -0.15) is 0 Å². The van der Waals surface area contributed by atoms with Crippen molar-refractivity contribution in [2.45, 2.75) is 26.4 Å². The minimum atomic E-state index is 0.306. The maximum Gasteiger partial charge on any atom is 0.156 e. The van der Waals surface area contributed by atoms with Crippen LogP contribution in [-0.2, 0) is 11.3 Å². The van der Waals surface area contributed by atoms with E-state index in [2.05, 4.69) is 39.7 Å². The highest BCUT2D eigenvalue weighted by Crippen LogP contribution is 2.28. The van der Waals surface area contributed by atoms with Crippen LogP contribution in [0.3, 0.4) is 0 Å². The van der Waals surface area contributed by atoms with Crippen LogP contribution in [0, 0.1) is 0 Å². The Balaban J connectivity index is 3.14. The van der Waals surface area contributed by atoms with Crippen molar-refractivity contribution in [1.29, 1.82) is 0 Å². The van der Waals surface area contributed by atoms with Gasteiger partial charge in [0.05, 0.1) is 10.2 Å². The van der Waals surface area contributed by atoms with Gasteiger partial charge in [0.25, 0.3) is 0 Å². The smallest absolute Gasteiger partial charge is 0.156 e. The maximum absolute atomic E-state index is 5.95. The normalized spacial score (nSPS) is 11.0. The Morgan fingerprint density at radius 2 is 2.07 bits per heavy atom. The molecule has 0 atom stereocenters. The van der Waals surface area contributed by atoms with Gasteiger partial charge in [-0.15, -0.1) is 0 Å². The van der Waals surface area contributed by atoms with E-state index in [4.69, 9.17) is 16.3 Å². The summed E-state index contributed by atoms with van der Waals surface area (Å²) >= 11 is 9.31. The second kappa shape index (κ2) is 5.05. The molecule has 5 heteroatoms. The van der Waals surface area contributed by atoms with Gasteiger partial charge >= 0.3 is 0 Å². The summed E-state index contributed by atoms with van der Waals surface area (Å²) in [7, 11) is 1.61. The van der Waals surface area contributed by atoms with Gasteiger partial charge < -0.3 is 4.74 Å². The van der Waals surface area contributed by atoms with Crippen molar-refractivity contribution in [1.82, 2.24) is 9.97 Å². The summed E-state index contributed by atoms with van der Waals surface area (Å²) in [6, 6.07) is 0. The van der Waals surface area contributed by atoms with Crippen molar-refractivity contribution in [3.05, 3.63) is 21.1 Å². The molecule has 1 rings (SSSR count). The zero-order valence-corrected chi connectivity index (χ0v) is 10.7. The second-order valence-electron chi connectivity index (χ2n) is 3.22. The molecule has 0 saturated heterocycles. The number of methoxy groups -OCH3 is 1. The molecule has 0 fully saturated rings. The first-order chi connectivity index (χ1) is 6.56. The molecule has 0 aliphatic rings. The van der Waals surface area contributed by atoms with Gasteiger partial charge in [0.1, 0.15) is 11.8 Å². The summed E-state index contributed by atoms with van der Waals surface area (Å²) < 4.78 is 5.73. The molecule has 0 aliphatic carbocycles. The number of hydrogen-bond acceptors (Lipinski definition) is 3. The van der Waals surface area contributed by atoms with Crippen LogP contribution in [0.1, 0.15) is 31.3 Å². The number of aromatic nitrogens is 2. The number of ether oxygens (including phenoxy) is 1. The van der Waals surface area contributed by atoms with E-state index in [0.717, 1.165) is 10.2 Å². The van der Waals surface area contributed by atoms with E-state index in [1.807, 2.05) is 0 Å². The van der Waals surface area contributed by atoms with Crippen LogP contribution in [0.4, 0.5) is 0 Å². The summed E-state index contributed by atoms with van der Waals surface area (Å²) in [4.78, 5) is 8.44. The number of halogens is 2. The quantitative estimate of drug-likeness (QED) is 0.797. The Hall–Kier alpha value is -0.190. The lowest BCUT2D eigenvalue weighted by Gasteiger charge is -2.10. The highest BCUT2D eigenvalue weighted by Gasteiger charge is 2.13. The van der Waals surface area contributed by atoms with Gasteiger partial charge in [0, 0.05) is 7.11 Å². The van der Waals surface area contributed by atoms with Gasteiger partial charge in [0.15, 0.2) is 5.82 Å². The monoisotopic (exact) mass is 278 g/mol. The lowest BCUT2D eigenvalue weighted by atomic mass is 10.1. The van der Waals surface area contributed by atoms with Gasteiger partial charge in [-0.25, -0.2) is 9.97 Å². The Morgan fingerprint density at radius 3 is 2.57 bits per heavy atom. The summed E-state index contributed by atoms with van der Waals surface area (Å²) in [6.45, 7) is 4.49. The first-order valence-corrected chi connectivity index (χ1v) is 5.44. The molecular weight excluding hydrogens is 267 g/mol. The molecule has 0 amide bonds. The SMILES string of the molecule is COCc1nc(Cl)c(Br)c(C(C)C)n1. The van der Waals surface area contributed by atoms with E-state index in [9.17, 15) is 0 Å². The largest absolute Gasteiger partial charge is 0.377 e. The molecule has 0 unspecified atom stereocenters. The number of nitrogens with zero attached hydrogens (tertiary/aromatic N) is 2. The van der Waals surface area contributed by atoms with E-state index < -0.39 is 0 Å². The van der Waals surface area contributed by atoms with Crippen molar-refractivity contribution in [3.8, 4) is 0 Å². The van der Waals surface area contributed by atoms with Gasteiger partial charge in [-0.3, -0.25) is 0 Å². The van der Waals surface area contributed by atoms with Crippen molar-refractivity contribution in [2.24, 2.45) is 0 Å². The van der Waals surface area contributed by atoms with Crippen molar-refractivity contribution < 1.29 is 4.74 Å². The fourth-order valence-corrected chi connectivity index (χ4v) is 1.89. The van der Waals surface area contributed by atoms with Gasteiger partial charge in [-0.05, 0) is 21.8 Å². The molecule has 0 spiro atoms. The van der Waals surface area contributed by atoms with Crippen molar-refractivity contribution in [3.63, 3.8) is 0 Å². The van der Waals surface area contributed by atoms with E-state index in [-0.39, 0.29) is 0 Å². The zero-order valence-electron chi connectivity index (χ0n) is 8.34. The first-order valence-electron chi connectivity index (χ1n) is 4.27. The van der Waals surface area contributed by atoms with Crippen LogP contribution < -0.4 is 0 Å². The summed E-state index contributed by atoms with van der Waals surface area (Å²) in [6.07, 6.45) is 0. The minimum absolute atomic E-state index is 0.306. The molecule has 78 valence electrons. The van der Waals surface area contributed by atoms with Crippen LogP contribution in [0.15, 0.2) is 4.47 Å². The fourth-order valence-electron chi connectivity index (χ4n) is 1.06. The Bertz CT molecular complexity index is 331. The molecule has 1 heterocycles. The van der Waals surface area contributed by atoms with E-state index >= 15 is 0 Å². The van der Waals surface area contributed by atoms with Crippen LogP contribution in [0.2, 0.25) is 5.15 Å². The third kappa shape index (κ3) is 2.65. The number of rotatable bonds is 3. The average molecular weight is 280 g/mol. The topological polar surface area (TPSA) is 35.0 Å². The Labute approximate surface area is 97.0 Å². The lowest BCUT2D eigenvalue weighted by molar-refractivity contribution is 0.177. The third-order valence-corrected chi connectivity index (χ3v) is 2.99. The molecule has 1 aromatic rings. The molecule has 0 saturated carbocycles. The molecule has 0 aromatic carbocycles. The Kier molecular flexibility index (Phi) is 4.29. The van der Waals surface area contributed by atoms with Crippen LogP contribution in [0.5, 0.6) is 0 Å². The molecular formula is C9H12BrClN2O. The van der Waals surface area contributed by atoms with Crippen LogP contribution in [0.25, 0.3) is 0 Å². The standard InChI is InChI=1S/C9H12BrClN2O/c1-5(2)8-7(10)9(11)13-6(12-8)4-14-3/h5H,4H2,1-3H3.